The van der Waals surface area contributed by atoms with Crippen LogP contribution in [0.25, 0.3) is 0 Å². The Morgan fingerprint density at radius 3 is 2.65 bits per heavy atom. The van der Waals surface area contributed by atoms with Crippen molar-refractivity contribution in [1.29, 1.82) is 0 Å². The molecular formula is C23H24ClN5OS. The second kappa shape index (κ2) is 8.69. The molecule has 2 atom stereocenters. The highest BCUT2D eigenvalue weighted by atomic mass is 35.5. The van der Waals surface area contributed by atoms with Crippen LogP contribution in [0.1, 0.15) is 37.3 Å². The van der Waals surface area contributed by atoms with Crippen LogP contribution in [-0.4, -0.2) is 20.6 Å². The zero-order valence-corrected chi connectivity index (χ0v) is 19.1. The molecule has 4 rings (SSSR count). The fourth-order valence-corrected chi connectivity index (χ4v) is 4.32. The Labute approximate surface area is 192 Å². The van der Waals surface area contributed by atoms with E-state index in [2.05, 4.69) is 31.2 Å². The SMILES string of the molecule is CC(C)C(=O)Nc1ccc(N2C(=S)NC(c3ccccn3)C2c2cccn2C)cc1Cl. The molecule has 0 radical (unpaired) electrons. The first-order valence-corrected chi connectivity index (χ1v) is 10.9. The molecule has 0 spiro atoms. The molecule has 2 unspecified atom stereocenters. The van der Waals surface area contributed by atoms with Gasteiger partial charge in [-0.2, -0.15) is 0 Å². The lowest BCUT2D eigenvalue weighted by atomic mass is 10.0. The van der Waals surface area contributed by atoms with E-state index < -0.39 is 0 Å². The van der Waals surface area contributed by atoms with Gasteiger partial charge < -0.3 is 20.1 Å². The number of carbonyl (C=O) groups is 1. The Bertz CT molecular complexity index is 1110. The summed E-state index contributed by atoms with van der Waals surface area (Å²) in [5.41, 5.74) is 3.43. The maximum absolute atomic E-state index is 12.1. The van der Waals surface area contributed by atoms with Gasteiger partial charge in [0, 0.05) is 36.7 Å². The number of hydrogen-bond acceptors (Lipinski definition) is 3. The number of benzene rings is 1. The predicted octanol–water partition coefficient (Wildman–Crippen LogP) is 4.85. The van der Waals surface area contributed by atoms with E-state index in [1.54, 1.807) is 6.20 Å². The summed E-state index contributed by atoms with van der Waals surface area (Å²) in [6.45, 7) is 3.68. The summed E-state index contributed by atoms with van der Waals surface area (Å²) < 4.78 is 2.09. The van der Waals surface area contributed by atoms with Crippen molar-refractivity contribution in [3.05, 3.63) is 77.3 Å². The number of aromatic nitrogens is 2. The second-order valence-corrected chi connectivity index (χ2v) is 8.64. The first kappa shape index (κ1) is 21.3. The summed E-state index contributed by atoms with van der Waals surface area (Å²) in [5, 5.41) is 7.36. The molecular weight excluding hydrogens is 430 g/mol. The molecule has 1 aromatic carbocycles. The number of halogens is 1. The normalized spacial score (nSPS) is 18.4. The summed E-state index contributed by atoms with van der Waals surface area (Å²) >= 11 is 12.3. The van der Waals surface area contributed by atoms with Crippen LogP contribution in [0.4, 0.5) is 11.4 Å². The topological polar surface area (TPSA) is 62.2 Å². The largest absolute Gasteiger partial charge is 0.353 e. The summed E-state index contributed by atoms with van der Waals surface area (Å²) in [6.07, 6.45) is 3.80. The lowest BCUT2D eigenvalue weighted by Gasteiger charge is -2.28. The number of rotatable bonds is 5. The summed E-state index contributed by atoms with van der Waals surface area (Å²) in [7, 11) is 2.02. The molecule has 6 nitrogen and oxygen atoms in total. The van der Waals surface area contributed by atoms with Crippen LogP contribution < -0.4 is 15.5 Å². The third kappa shape index (κ3) is 4.16. The first-order valence-electron chi connectivity index (χ1n) is 10.1. The number of carbonyl (C=O) groups excluding carboxylic acids is 1. The molecule has 1 saturated heterocycles. The molecule has 2 N–H and O–H groups in total. The highest BCUT2D eigenvalue weighted by Crippen LogP contribution is 2.42. The van der Waals surface area contributed by atoms with E-state index in [4.69, 9.17) is 23.8 Å². The molecule has 1 aliphatic heterocycles. The van der Waals surface area contributed by atoms with Gasteiger partial charge in [-0.1, -0.05) is 31.5 Å². The Morgan fingerprint density at radius 2 is 2.03 bits per heavy atom. The molecule has 31 heavy (non-hydrogen) atoms. The van der Waals surface area contributed by atoms with Crippen molar-refractivity contribution in [2.75, 3.05) is 10.2 Å². The van der Waals surface area contributed by atoms with Gasteiger partial charge in [0.25, 0.3) is 0 Å². The fourth-order valence-electron chi connectivity index (χ4n) is 3.75. The molecule has 3 aromatic rings. The van der Waals surface area contributed by atoms with Crippen molar-refractivity contribution in [1.82, 2.24) is 14.9 Å². The van der Waals surface area contributed by atoms with Gasteiger partial charge in [0.15, 0.2) is 5.11 Å². The third-order valence-electron chi connectivity index (χ3n) is 5.40. The van der Waals surface area contributed by atoms with E-state index in [0.29, 0.717) is 15.8 Å². The first-order chi connectivity index (χ1) is 14.9. The van der Waals surface area contributed by atoms with Crippen LogP contribution >= 0.6 is 23.8 Å². The fraction of sp³-hybridized carbons (Fsp3) is 0.261. The number of thiocarbonyl (C=S) groups is 1. The Kier molecular flexibility index (Phi) is 5.98. The van der Waals surface area contributed by atoms with Crippen molar-refractivity contribution < 1.29 is 4.79 Å². The quantitative estimate of drug-likeness (QED) is 0.541. The highest BCUT2D eigenvalue weighted by Gasteiger charge is 2.41. The number of pyridine rings is 1. The van der Waals surface area contributed by atoms with Crippen molar-refractivity contribution in [2.45, 2.75) is 25.9 Å². The van der Waals surface area contributed by atoms with Crippen molar-refractivity contribution in [2.24, 2.45) is 13.0 Å². The molecule has 8 heteroatoms. The monoisotopic (exact) mass is 453 g/mol. The van der Waals surface area contributed by atoms with Crippen LogP contribution in [0, 0.1) is 5.92 Å². The average Bonchev–Trinajstić information content (AvgIpc) is 3.32. The smallest absolute Gasteiger partial charge is 0.226 e. The van der Waals surface area contributed by atoms with E-state index in [0.717, 1.165) is 17.1 Å². The van der Waals surface area contributed by atoms with Crippen LogP contribution in [0.2, 0.25) is 5.02 Å². The highest BCUT2D eigenvalue weighted by molar-refractivity contribution is 7.80. The molecule has 0 saturated carbocycles. The zero-order chi connectivity index (χ0) is 22.1. The van der Waals surface area contributed by atoms with Gasteiger partial charge in [0.2, 0.25) is 5.91 Å². The van der Waals surface area contributed by atoms with E-state index in [-0.39, 0.29) is 23.9 Å². The molecule has 0 aliphatic carbocycles. The number of nitrogens with one attached hydrogen (secondary N) is 2. The molecule has 0 bridgehead atoms. The zero-order valence-electron chi connectivity index (χ0n) is 17.5. The maximum Gasteiger partial charge on any atom is 0.226 e. The molecule has 160 valence electrons. The van der Waals surface area contributed by atoms with Gasteiger partial charge in [-0.15, -0.1) is 0 Å². The lowest BCUT2D eigenvalue weighted by Crippen LogP contribution is -2.30. The van der Waals surface area contributed by atoms with E-state index in [1.807, 2.05) is 69.6 Å². The van der Waals surface area contributed by atoms with Crippen molar-refractivity contribution >= 4 is 46.2 Å². The Hall–Kier alpha value is -2.90. The van der Waals surface area contributed by atoms with Gasteiger partial charge in [-0.25, -0.2) is 0 Å². The van der Waals surface area contributed by atoms with Gasteiger partial charge in [0.1, 0.15) is 6.04 Å². The Balaban J connectivity index is 1.74. The number of amides is 1. The van der Waals surface area contributed by atoms with Gasteiger partial charge in [-0.3, -0.25) is 9.78 Å². The lowest BCUT2D eigenvalue weighted by molar-refractivity contribution is -0.118. The maximum atomic E-state index is 12.1. The molecule has 2 aromatic heterocycles. The van der Waals surface area contributed by atoms with E-state index >= 15 is 0 Å². The summed E-state index contributed by atoms with van der Waals surface area (Å²) in [5.74, 6) is -0.211. The standard InChI is InChI=1S/C23H24ClN5OS/c1-14(2)22(30)26-17-10-9-15(13-16(17)24)29-21(19-8-6-12-28(19)3)20(27-23(29)31)18-7-4-5-11-25-18/h4-14,20-21H,1-3H3,(H,26,30)(H,27,31). The molecule has 1 fully saturated rings. The minimum Gasteiger partial charge on any atom is -0.353 e. The van der Waals surface area contributed by atoms with E-state index in [9.17, 15) is 4.79 Å². The number of aryl methyl sites for hydroxylation is 1. The number of hydrogen-bond donors (Lipinski definition) is 2. The van der Waals surface area contributed by atoms with Crippen LogP contribution in [-0.2, 0) is 11.8 Å². The van der Waals surface area contributed by atoms with Gasteiger partial charge in [0.05, 0.1) is 22.4 Å². The second-order valence-electron chi connectivity index (χ2n) is 7.85. The van der Waals surface area contributed by atoms with Crippen LogP contribution in [0.3, 0.4) is 0 Å². The number of anilines is 2. The minimum atomic E-state index is -0.132. The van der Waals surface area contributed by atoms with Crippen LogP contribution in [0.15, 0.2) is 60.9 Å². The van der Waals surface area contributed by atoms with Crippen molar-refractivity contribution in [3.63, 3.8) is 0 Å². The van der Waals surface area contributed by atoms with E-state index in [1.165, 1.54) is 0 Å². The summed E-state index contributed by atoms with van der Waals surface area (Å²) in [4.78, 5) is 18.7. The summed E-state index contributed by atoms with van der Waals surface area (Å²) in [6, 6.07) is 15.3. The average molecular weight is 454 g/mol. The molecule has 3 heterocycles. The molecule has 1 aliphatic rings. The minimum absolute atomic E-state index is 0.0788. The number of nitrogens with zero attached hydrogens (tertiary/aromatic N) is 3. The van der Waals surface area contributed by atoms with Gasteiger partial charge in [-0.05, 0) is 54.7 Å². The van der Waals surface area contributed by atoms with Crippen molar-refractivity contribution in [3.8, 4) is 0 Å². The third-order valence-corrected chi connectivity index (χ3v) is 6.03. The van der Waals surface area contributed by atoms with Crippen LogP contribution in [0.5, 0.6) is 0 Å². The van der Waals surface area contributed by atoms with Gasteiger partial charge >= 0.3 is 0 Å². The predicted molar refractivity (Wildman–Crippen MR) is 128 cm³/mol. The molecule has 1 amide bonds. The Morgan fingerprint density at radius 1 is 1.23 bits per heavy atom.